The van der Waals surface area contributed by atoms with Gasteiger partial charge >= 0.3 is 0 Å². The van der Waals surface area contributed by atoms with Crippen LogP contribution in [-0.2, 0) is 4.74 Å². The molecule has 0 aliphatic heterocycles. The minimum atomic E-state index is -0.263. The van der Waals surface area contributed by atoms with E-state index in [9.17, 15) is 0 Å². The van der Waals surface area contributed by atoms with Gasteiger partial charge in [0.05, 0.1) is 13.2 Å². The molecule has 1 aromatic rings. The van der Waals surface area contributed by atoms with Gasteiger partial charge in [0, 0.05) is 6.54 Å². The molecule has 3 heteroatoms. The number of rotatable bonds is 11. The lowest BCUT2D eigenvalue weighted by Gasteiger charge is -2.38. The number of para-hydroxylation sites is 1. The molecule has 0 unspecified atom stereocenters. The predicted octanol–water partition coefficient (Wildman–Crippen LogP) is 4.78. The van der Waals surface area contributed by atoms with Crippen LogP contribution in [0.5, 0.6) is 5.75 Å². The first kappa shape index (κ1) is 21.0. The van der Waals surface area contributed by atoms with Crippen molar-refractivity contribution in [3.8, 4) is 5.75 Å². The van der Waals surface area contributed by atoms with E-state index in [1.165, 1.54) is 5.56 Å². The van der Waals surface area contributed by atoms with E-state index in [0.29, 0.717) is 18.4 Å². The van der Waals surface area contributed by atoms with Gasteiger partial charge < -0.3 is 14.4 Å². The van der Waals surface area contributed by atoms with Gasteiger partial charge in [0.15, 0.2) is 0 Å². The molecule has 0 saturated carbocycles. The van der Waals surface area contributed by atoms with Crippen LogP contribution in [0.15, 0.2) is 24.3 Å². The zero-order valence-electron chi connectivity index (χ0n) is 16.8. The van der Waals surface area contributed by atoms with E-state index in [0.717, 1.165) is 31.7 Å². The third kappa shape index (κ3) is 7.67. The number of ether oxygens (including phenoxy) is 2. The predicted molar refractivity (Wildman–Crippen MR) is 103 cm³/mol. The number of hydrogen-bond donors (Lipinski definition) is 0. The first-order valence-corrected chi connectivity index (χ1v) is 9.21. The topological polar surface area (TPSA) is 21.7 Å². The standard InChI is InChI=1S/C21H37NO2/c1-17(2)14-21(15-18(3)4,16-23-13-12-22(6)7)24-20-11-9-8-10-19(20)5/h8-11,17-18H,12-16H2,1-7H3. The summed E-state index contributed by atoms with van der Waals surface area (Å²) in [5.74, 6) is 2.10. The summed E-state index contributed by atoms with van der Waals surface area (Å²) in [4.78, 5) is 2.15. The maximum absolute atomic E-state index is 6.62. The van der Waals surface area contributed by atoms with Crippen molar-refractivity contribution in [3.05, 3.63) is 29.8 Å². The van der Waals surface area contributed by atoms with Gasteiger partial charge in [-0.05, 0) is 57.3 Å². The van der Waals surface area contributed by atoms with Crippen molar-refractivity contribution >= 4 is 0 Å². The summed E-state index contributed by atoms with van der Waals surface area (Å²) in [7, 11) is 4.14. The third-order valence-corrected chi connectivity index (χ3v) is 4.03. The first-order valence-electron chi connectivity index (χ1n) is 9.21. The van der Waals surface area contributed by atoms with E-state index in [1.807, 2.05) is 6.07 Å². The van der Waals surface area contributed by atoms with Crippen LogP contribution in [0.1, 0.15) is 46.1 Å². The average molecular weight is 336 g/mol. The van der Waals surface area contributed by atoms with Crippen LogP contribution in [0, 0.1) is 18.8 Å². The van der Waals surface area contributed by atoms with Gasteiger partial charge in [0.2, 0.25) is 0 Å². The summed E-state index contributed by atoms with van der Waals surface area (Å²) in [6.45, 7) is 13.5. The molecule has 0 N–H and O–H groups in total. The number of aryl methyl sites for hydroxylation is 1. The van der Waals surface area contributed by atoms with Gasteiger partial charge in [-0.2, -0.15) is 0 Å². The van der Waals surface area contributed by atoms with Crippen molar-refractivity contribution in [2.45, 2.75) is 53.1 Å². The van der Waals surface area contributed by atoms with Crippen LogP contribution in [0.25, 0.3) is 0 Å². The smallest absolute Gasteiger partial charge is 0.133 e. The summed E-state index contributed by atoms with van der Waals surface area (Å²) >= 11 is 0. The van der Waals surface area contributed by atoms with Crippen molar-refractivity contribution < 1.29 is 9.47 Å². The molecule has 0 saturated heterocycles. The van der Waals surface area contributed by atoms with Gasteiger partial charge in [-0.1, -0.05) is 45.9 Å². The fourth-order valence-corrected chi connectivity index (χ4v) is 3.21. The third-order valence-electron chi connectivity index (χ3n) is 4.03. The highest BCUT2D eigenvalue weighted by molar-refractivity contribution is 5.32. The van der Waals surface area contributed by atoms with Crippen LogP contribution in [-0.4, -0.2) is 44.4 Å². The molecule has 1 aromatic carbocycles. The summed E-state index contributed by atoms with van der Waals surface area (Å²) in [5, 5.41) is 0. The molecular formula is C21H37NO2. The molecule has 0 amide bonds. The molecule has 0 aromatic heterocycles. The van der Waals surface area contributed by atoms with Gasteiger partial charge in [0.1, 0.15) is 11.4 Å². The van der Waals surface area contributed by atoms with E-state index in [2.05, 4.69) is 71.8 Å². The molecule has 0 heterocycles. The lowest BCUT2D eigenvalue weighted by atomic mass is 9.85. The molecule has 0 fully saturated rings. The summed E-state index contributed by atoms with van der Waals surface area (Å²) in [6, 6.07) is 8.29. The Morgan fingerprint density at radius 3 is 2.08 bits per heavy atom. The van der Waals surface area contributed by atoms with E-state index in [-0.39, 0.29) is 5.60 Å². The molecule has 0 radical (unpaired) electrons. The minimum absolute atomic E-state index is 0.263. The molecule has 0 atom stereocenters. The fourth-order valence-electron chi connectivity index (χ4n) is 3.21. The monoisotopic (exact) mass is 335 g/mol. The molecule has 138 valence electrons. The van der Waals surface area contributed by atoms with E-state index in [1.54, 1.807) is 0 Å². The Morgan fingerprint density at radius 1 is 1.00 bits per heavy atom. The van der Waals surface area contributed by atoms with Crippen molar-refractivity contribution in [2.75, 3.05) is 33.9 Å². The Labute approximate surface area is 149 Å². The molecule has 1 rings (SSSR count). The Morgan fingerprint density at radius 2 is 1.58 bits per heavy atom. The highest BCUT2D eigenvalue weighted by Crippen LogP contribution is 2.32. The zero-order valence-corrected chi connectivity index (χ0v) is 16.8. The maximum Gasteiger partial charge on any atom is 0.133 e. The number of benzene rings is 1. The second kappa shape index (κ2) is 10.0. The SMILES string of the molecule is Cc1ccccc1OC(COCCN(C)C)(CC(C)C)CC(C)C. The summed E-state index contributed by atoms with van der Waals surface area (Å²) in [5.41, 5.74) is 0.920. The lowest BCUT2D eigenvalue weighted by molar-refractivity contribution is -0.0542. The van der Waals surface area contributed by atoms with Gasteiger partial charge in [-0.3, -0.25) is 0 Å². The molecule has 0 aliphatic carbocycles. The maximum atomic E-state index is 6.62. The first-order chi connectivity index (χ1) is 11.2. The molecule has 0 aliphatic rings. The van der Waals surface area contributed by atoms with E-state index < -0.39 is 0 Å². The second-order valence-electron chi connectivity index (χ2n) is 8.10. The molecule has 24 heavy (non-hydrogen) atoms. The number of nitrogens with zero attached hydrogens (tertiary/aromatic N) is 1. The second-order valence-corrected chi connectivity index (χ2v) is 8.10. The van der Waals surface area contributed by atoms with Crippen LogP contribution < -0.4 is 4.74 Å². The Balaban J connectivity index is 2.94. The largest absolute Gasteiger partial charge is 0.485 e. The van der Waals surface area contributed by atoms with Crippen molar-refractivity contribution in [3.63, 3.8) is 0 Å². The van der Waals surface area contributed by atoms with Crippen LogP contribution in [0.2, 0.25) is 0 Å². The van der Waals surface area contributed by atoms with Gasteiger partial charge in [-0.25, -0.2) is 0 Å². The van der Waals surface area contributed by atoms with Gasteiger partial charge in [0.25, 0.3) is 0 Å². The normalized spacial score (nSPS) is 12.4. The van der Waals surface area contributed by atoms with Crippen molar-refractivity contribution in [2.24, 2.45) is 11.8 Å². The van der Waals surface area contributed by atoms with Crippen molar-refractivity contribution in [1.29, 1.82) is 0 Å². The fraction of sp³-hybridized carbons (Fsp3) is 0.714. The Hall–Kier alpha value is -1.06. The number of likely N-dealkylation sites (N-methyl/N-ethyl adjacent to an activating group) is 1. The highest BCUT2D eigenvalue weighted by atomic mass is 16.5. The minimum Gasteiger partial charge on any atom is -0.485 e. The molecule has 0 bridgehead atoms. The van der Waals surface area contributed by atoms with E-state index in [4.69, 9.17) is 9.47 Å². The van der Waals surface area contributed by atoms with Gasteiger partial charge in [-0.15, -0.1) is 0 Å². The quantitative estimate of drug-likeness (QED) is 0.543. The summed E-state index contributed by atoms with van der Waals surface area (Å²) < 4.78 is 12.7. The summed E-state index contributed by atoms with van der Waals surface area (Å²) in [6.07, 6.45) is 2.00. The highest BCUT2D eigenvalue weighted by Gasteiger charge is 2.35. The number of hydrogen-bond acceptors (Lipinski definition) is 3. The molecule has 0 spiro atoms. The average Bonchev–Trinajstić information content (AvgIpc) is 2.44. The van der Waals surface area contributed by atoms with Crippen molar-refractivity contribution in [1.82, 2.24) is 4.90 Å². The lowest BCUT2D eigenvalue weighted by Crippen LogP contribution is -2.44. The zero-order chi connectivity index (χ0) is 18.2. The van der Waals surface area contributed by atoms with Crippen LogP contribution in [0.3, 0.4) is 0 Å². The van der Waals surface area contributed by atoms with Crippen LogP contribution in [0.4, 0.5) is 0 Å². The molecule has 3 nitrogen and oxygen atoms in total. The van der Waals surface area contributed by atoms with Crippen LogP contribution >= 0.6 is 0 Å². The molecular weight excluding hydrogens is 298 g/mol. The Bertz CT molecular complexity index is 459. The van der Waals surface area contributed by atoms with E-state index >= 15 is 0 Å². The Kier molecular flexibility index (Phi) is 8.79.